The Kier molecular flexibility index (Phi) is 2.97. The van der Waals surface area contributed by atoms with Crippen LogP contribution in [0.2, 0.25) is 5.02 Å². The minimum Gasteiger partial charge on any atom is -0.340 e. The van der Waals surface area contributed by atoms with Gasteiger partial charge >= 0.3 is 0 Å². The van der Waals surface area contributed by atoms with E-state index in [9.17, 15) is 0 Å². The van der Waals surface area contributed by atoms with E-state index >= 15 is 0 Å². The molecule has 0 unspecified atom stereocenters. The fourth-order valence-electron chi connectivity index (χ4n) is 3.36. The summed E-state index contributed by atoms with van der Waals surface area (Å²) in [6.07, 6.45) is 3.80. The summed E-state index contributed by atoms with van der Waals surface area (Å²) < 4.78 is 2.29. The predicted molar refractivity (Wildman–Crippen MR) is 95.9 cm³/mol. The van der Waals surface area contributed by atoms with E-state index in [2.05, 4.69) is 32.0 Å². The highest BCUT2D eigenvalue weighted by molar-refractivity contribution is 6.30. The van der Waals surface area contributed by atoms with Crippen molar-refractivity contribution in [2.24, 2.45) is 0 Å². The van der Waals surface area contributed by atoms with E-state index in [-0.39, 0.29) is 0 Å². The van der Waals surface area contributed by atoms with Crippen LogP contribution in [0.25, 0.3) is 21.9 Å². The number of aromatic nitrogens is 4. The van der Waals surface area contributed by atoms with Crippen molar-refractivity contribution in [3.63, 3.8) is 0 Å². The van der Waals surface area contributed by atoms with Crippen molar-refractivity contribution in [2.75, 3.05) is 5.32 Å². The van der Waals surface area contributed by atoms with Crippen molar-refractivity contribution in [3.8, 4) is 0 Å². The van der Waals surface area contributed by atoms with Gasteiger partial charge in [-0.25, -0.2) is 15.0 Å². The molecule has 4 aromatic rings. The molecule has 5 nitrogen and oxygen atoms in total. The Morgan fingerprint density at radius 3 is 2.96 bits per heavy atom. The molecule has 0 amide bonds. The van der Waals surface area contributed by atoms with Gasteiger partial charge in [-0.3, -0.25) is 0 Å². The maximum atomic E-state index is 6.06. The standard InChI is InChI=1S/C18H14ClN5/c19-11-3-1-4-12(7-11)22-18-13-8-15-16(9-14(13)20-10-21-18)24-6-2-5-17(24)23-15/h1,3-4,7-10H,2,5-6H2,(H,20,21,22). The monoisotopic (exact) mass is 335 g/mol. The second kappa shape index (κ2) is 5.18. The molecule has 0 bridgehead atoms. The Balaban J connectivity index is 1.68. The molecule has 0 atom stereocenters. The van der Waals surface area contributed by atoms with E-state index in [4.69, 9.17) is 16.6 Å². The fourth-order valence-corrected chi connectivity index (χ4v) is 3.55. The molecule has 0 saturated carbocycles. The summed E-state index contributed by atoms with van der Waals surface area (Å²) in [6.45, 7) is 1.04. The van der Waals surface area contributed by atoms with Crippen molar-refractivity contribution in [1.29, 1.82) is 0 Å². The van der Waals surface area contributed by atoms with E-state index in [1.165, 1.54) is 6.42 Å². The number of fused-ring (bicyclic) bond motifs is 4. The van der Waals surface area contributed by atoms with Crippen molar-refractivity contribution >= 4 is 45.0 Å². The zero-order valence-corrected chi connectivity index (χ0v) is 13.6. The van der Waals surface area contributed by atoms with Crippen LogP contribution in [0.1, 0.15) is 12.2 Å². The summed E-state index contributed by atoms with van der Waals surface area (Å²) in [6, 6.07) is 11.8. The summed E-state index contributed by atoms with van der Waals surface area (Å²) in [4.78, 5) is 13.6. The predicted octanol–water partition coefficient (Wildman–Crippen LogP) is 4.32. The second-order valence-corrected chi connectivity index (χ2v) is 6.44. The third-order valence-electron chi connectivity index (χ3n) is 4.45. The van der Waals surface area contributed by atoms with Crippen LogP contribution in [0.4, 0.5) is 11.5 Å². The molecular formula is C18H14ClN5. The van der Waals surface area contributed by atoms with Gasteiger partial charge in [0.05, 0.1) is 16.6 Å². The van der Waals surface area contributed by atoms with E-state index in [0.29, 0.717) is 5.02 Å². The Morgan fingerprint density at radius 2 is 2.04 bits per heavy atom. The smallest absolute Gasteiger partial charge is 0.141 e. The first-order valence-electron chi connectivity index (χ1n) is 7.94. The first kappa shape index (κ1) is 13.7. The molecule has 0 aliphatic carbocycles. The van der Waals surface area contributed by atoms with Gasteiger partial charge in [0.15, 0.2) is 0 Å². The quantitative estimate of drug-likeness (QED) is 0.592. The number of hydrogen-bond acceptors (Lipinski definition) is 4. The SMILES string of the molecule is Clc1cccc(Nc2ncnc3cc4c(cc23)nc2n4CCC2)c1. The minimum absolute atomic E-state index is 0.686. The molecule has 0 fully saturated rings. The van der Waals surface area contributed by atoms with Gasteiger partial charge in [-0.1, -0.05) is 17.7 Å². The average Bonchev–Trinajstić information content (AvgIpc) is 3.15. The average molecular weight is 336 g/mol. The zero-order chi connectivity index (χ0) is 16.1. The number of halogens is 1. The van der Waals surface area contributed by atoms with Crippen molar-refractivity contribution in [2.45, 2.75) is 19.4 Å². The number of aryl methyl sites for hydroxylation is 2. The fraction of sp³-hybridized carbons (Fsp3) is 0.167. The molecule has 0 spiro atoms. The topological polar surface area (TPSA) is 55.6 Å². The third-order valence-corrected chi connectivity index (χ3v) is 4.69. The summed E-state index contributed by atoms with van der Waals surface area (Å²) in [5.74, 6) is 1.93. The molecular weight excluding hydrogens is 322 g/mol. The number of nitrogens with zero attached hydrogens (tertiary/aromatic N) is 4. The van der Waals surface area contributed by atoms with Gasteiger partial charge in [0.25, 0.3) is 0 Å². The maximum absolute atomic E-state index is 6.06. The Bertz CT molecular complexity index is 1090. The normalized spacial score (nSPS) is 13.5. The Hall–Kier alpha value is -2.66. The summed E-state index contributed by atoms with van der Waals surface area (Å²) in [5.41, 5.74) is 3.97. The van der Waals surface area contributed by atoms with Gasteiger partial charge in [0, 0.05) is 29.1 Å². The summed E-state index contributed by atoms with van der Waals surface area (Å²) in [7, 11) is 0. The van der Waals surface area contributed by atoms with Crippen molar-refractivity contribution in [3.05, 3.63) is 53.6 Å². The van der Waals surface area contributed by atoms with Gasteiger partial charge in [-0.05, 0) is 36.8 Å². The van der Waals surface area contributed by atoms with Crippen LogP contribution >= 0.6 is 11.6 Å². The van der Waals surface area contributed by atoms with E-state index in [0.717, 1.165) is 52.2 Å². The maximum Gasteiger partial charge on any atom is 0.141 e. The molecule has 0 saturated heterocycles. The van der Waals surface area contributed by atoms with Gasteiger partial charge in [0.1, 0.15) is 18.0 Å². The van der Waals surface area contributed by atoms with Crippen LogP contribution in [-0.4, -0.2) is 19.5 Å². The van der Waals surface area contributed by atoms with Crippen molar-refractivity contribution < 1.29 is 0 Å². The Morgan fingerprint density at radius 1 is 1.08 bits per heavy atom. The number of imidazole rings is 1. The van der Waals surface area contributed by atoms with Crippen LogP contribution < -0.4 is 5.32 Å². The van der Waals surface area contributed by atoms with Crippen LogP contribution in [0.5, 0.6) is 0 Å². The molecule has 2 aromatic carbocycles. The highest BCUT2D eigenvalue weighted by Gasteiger charge is 2.17. The number of benzene rings is 2. The van der Waals surface area contributed by atoms with Gasteiger partial charge in [-0.2, -0.15) is 0 Å². The van der Waals surface area contributed by atoms with Crippen LogP contribution in [0.15, 0.2) is 42.7 Å². The molecule has 1 N–H and O–H groups in total. The minimum atomic E-state index is 0.686. The molecule has 0 radical (unpaired) electrons. The largest absolute Gasteiger partial charge is 0.340 e. The van der Waals surface area contributed by atoms with Crippen LogP contribution in [0.3, 0.4) is 0 Å². The lowest BCUT2D eigenvalue weighted by atomic mass is 10.2. The highest BCUT2D eigenvalue weighted by atomic mass is 35.5. The Labute approximate surface area is 143 Å². The van der Waals surface area contributed by atoms with E-state index in [1.54, 1.807) is 6.33 Å². The lowest BCUT2D eigenvalue weighted by Gasteiger charge is -2.09. The van der Waals surface area contributed by atoms with Crippen LogP contribution in [-0.2, 0) is 13.0 Å². The zero-order valence-electron chi connectivity index (χ0n) is 12.8. The summed E-state index contributed by atoms with van der Waals surface area (Å²) >= 11 is 6.06. The number of anilines is 2. The molecule has 6 heteroatoms. The van der Waals surface area contributed by atoms with Gasteiger partial charge in [-0.15, -0.1) is 0 Å². The molecule has 1 aliphatic heterocycles. The lowest BCUT2D eigenvalue weighted by molar-refractivity contribution is 0.771. The number of rotatable bonds is 2. The van der Waals surface area contributed by atoms with Gasteiger partial charge < -0.3 is 9.88 Å². The number of nitrogens with one attached hydrogen (secondary N) is 1. The third kappa shape index (κ3) is 2.12. The highest BCUT2D eigenvalue weighted by Crippen LogP contribution is 2.30. The summed E-state index contributed by atoms with van der Waals surface area (Å²) in [5, 5.41) is 4.98. The molecule has 118 valence electrons. The first-order chi connectivity index (χ1) is 11.8. The lowest BCUT2D eigenvalue weighted by Crippen LogP contribution is -1.97. The van der Waals surface area contributed by atoms with Gasteiger partial charge in [0.2, 0.25) is 0 Å². The molecule has 3 heterocycles. The van der Waals surface area contributed by atoms with E-state index < -0.39 is 0 Å². The molecule has 1 aliphatic rings. The van der Waals surface area contributed by atoms with E-state index in [1.807, 2.05) is 24.3 Å². The first-order valence-corrected chi connectivity index (χ1v) is 8.32. The van der Waals surface area contributed by atoms with Crippen LogP contribution in [0, 0.1) is 0 Å². The molecule has 5 rings (SSSR count). The molecule has 24 heavy (non-hydrogen) atoms. The number of hydrogen-bond donors (Lipinski definition) is 1. The molecule has 2 aromatic heterocycles. The van der Waals surface area contributed by atoms with Crippen molar-refractivity contribution in [1.82, 2.24) is 19.5 Å². The second-order valence-electron chi connectivity index (χ2n) is 6.00.